The number of halogens is 1. The molecule has 1 fully saturated rings. The van der Waals surface area contributed by atoms with Crippen molar-refractivity contribution in [3.63, 3.8) is 0 Å². The second kappa shape index (κ2) is 9.63. The molecule has 0 radical (unpaired) electrons. The van der Waals surface area contributed by atoms with Crippen molar-refractivity contribution in [2.24, 2.45) is 11.7 Å². The summed E-state index contributed by atoms with van der Waals surface area (Å²) in [7, 11) is 1.57. The Labute approximate surface area is 155 Å². The number of carbonyl (C=O) groups is 2. The summed E-state index contributed by atoms with van der Waals surface area (Å²) in [6, 6.07) is 4.75. The zero-order valence-electron chi connectivity index (χ0n) is 15.1. The molecule has 1 aromatic carbocycles. The van der Waals surface area contributed by atoms with Gasteiger partial charge in [-0.3, -0.25) is 9.59 Å². The van der Waals surface area contributed by atoms with Crippen LogP contribution in [0.25, 0.3) is 0 Å². The number of anilines is 2. The molecule has 1 aromatic rings. The van der Waals surface area contributed by atoms with E-state index in [0.717, 1.165) is 19.3 Å². The van der Waals surface area contributed by atoms with Gasteiger partial charge in [0.15, 0.2) is 0 Å². The zero-order chi connectivity index (χ0) is 17.7. The maximum Gasteiger partial charge on any atom is 0.241 e. The average Bonchev–Trinajstić information content (AvgIpc) is 2.60. The third-order valence-corrected chi connectivity index (χ3v) is 4.62. The van der Waals surface area contributed by atoms with Gasteiger partial charge < -0.3 is 20.7 Å². The van der Waals surface area contributed by atoms with Crippen LogP contribution in [0.1, 0.15) is 39.5 Å². The molecule has 2 rings (SSSR count). The molecule has 25 heavy (non-hydrogen) atoms. The van der Waals surface area contributed by atoms with Crippen LogP contribution in [0.3, 0.4) is 0 Å². The number of methoxy groups -OCH3 is 1. The topological polar surface area (TPSA) is 84.7 Å². The molecule has 140 valence electrons. The molecule has 0 aromatic heterocycles. The summed E-state index contributed by atoms with van der Waals surface area (Å²) in [6.07, 6.45) is 3.26. The second-order valence-electron chi connectivity index (χ2n) is 6.29. The third-order valence-electron chi connectivity index (χ3n) is 4.62. The molecule has 6 nitrogen and oxygen atoms in total. The summed E-state index contributed by atoms with van der Waals surface area (Å²) in [5, 5.41) is 2.85. The van der Waals surface area contributed by atoms with E-state index in [0.29, 0.717) is 30.1 Å². The SMILES string of the molecule is CCC(C)C(N)C(=O)Nc1ccc(OC)c(N2CCCCC2=O)c1.Cl. The quantitative estimate of drug-likeness (QED) is 0.807. The van der Waals surface area contributed by atoms with Crippen LogP contribution < -0.4 is 20.7 Å². The maximum absolute atomic E-state index is 12.3. The lowest BCUT2D eigenvalue weighted by atomic mass is 9.99. The first-order valence-electron chi connectivity index (χ1n) is 8.52. The number of benzene rings is 1. The largest absolute Gasteiger partial charge is 0.495 e. The van der Waals surface area contributed by atoms with E-state index in [-0.39, 0.29) is 30.1 Å². The molecule has 0 bridgehead atoms. The Kier molecular flexibility index (Phi) is 8.19. The lowest BCUT2D eigenvalue weighted by Gasteiger charge is -2.28. The number of piperidine rings is 1. The van der Waals surface area contributed by atoms with Gasteiger partial charge in [0.25, 0.3) is 0 Å². The normalized spacial score (nSPS) is 16.6. The fourth-order valence-corrected chi connectivity index (χ4v) is 2.78. The van der Waals surface area contributed by atoms with Gasteiger partial charge in [0.05, 0.1) is 18.8 Å². The van der Waals surface area contributed by atoms with Gasteiger partial charge >= 0.3 is 0 Å². The first-order chi connectivity index (χ1) is 11.5. The van der Waals surface area contributed by atoms with E-state index in [2.05, 4.69) is 5.32 Å². The maximum atomic E-state index is 12.3. The van der Waals surface area contributed by atoms with Crippen molar-refractivity contribution in [3.05, 3.63) is 18.2 Å². The van der Waals surface area contributed by atoms with Crippen LogP contribution in [0.15, 0.2) is 18.2 Å². The van der Waals surface area contributed by atoms with Crippen molar-refractivity contribution in [2.45, 2.75) is 45.6 Å². The molecule has 0 spiro atoms. The van der Waals surface area contributed by atoms with Crippen molar-refractivity contribution < 1.29 is 14.3 Å². The molecular formula is C18H28ClN3O3. The Morgan fingerprint density at radius 1 is 1.40 bits per heavy atom. The summed E-state index contributed by atoms with van der Waals surface area (Å²) < 4.78 is 5.38. The minimum Gasteiger partial charge on any atom is -0.495 e. The first-order valence-corrected chi connectivity index (χ1v) is 8.52. The molecule has 2 unspecified atom stereocenters. The third kappa shape index (κ3) is 5.09. The fraction of sp³-hybridized carbons (Fsp3) is 0.556. The van der Waals surface area contributed by atoms with E-state index in [1.807, 2.05) is 13.8 Å². The smallest absolute Gasteiger partial charge is 0.241 e. The minimum atomic E-state index is -0.558. The van der Waals surface area contributed by atoms with Crippen LogP contribution in [0.4, 0.5) is 11.4 Å². The number of hydrogen-bond donors (Lipinski definition) is 2. The van der Waals surface area contributed by atoms with E-state index < -0.39 is 6.04 Å². The highest BCUT2D eigenvalue weighted by Gasteiger charge is 2.24. The second-order valence-corrected chi connectivity index (χ2v) is 6.29. The molecule has 1 saturated heterocycles. The number of nitrogens with zero attached hydrogens (tertiary/aromatic N) is 1. The number of nitrogens with two attached hydrogens (primary N) is 1. The van der Waals surface area contributed by atoms with Gasteiger partial charge in [-0.25, -0.2) is 0 Å². The predicted octanol–water partition coefficient (Wildman–Crippen LogP) is 2.95. The Morgan fingerprint density at radius 3 is 2.72 bits per heavy atom. The van der Waals surface area contributed by atoms with Crippen molar-refractivity contribution in [1.29, 1.82) is 0 Å². The molecule has 1 aliphatic heterocycles. The van der Waals surface area contributed by atoms with Crippen molar-refractivity contribution in [2.75, 3.05) is 23.9 Å². The first kappa shape index (κ1) is 21.3. The Hall–Kier alpha value is -1.79. The standard InChI is InChI=1S/C18H27N3O3.ClH/c1-4-12(2)17(19)18(23)20-13-8-9-15(24-3)14(11-13)21-10-6-5-7-16(21)22;/h8-9,11-12,17H,4-7,10,19H2,1-3H3,(H,20,23);1H. The molecule has 1 aliphatic rings. The van der Waals surface area contributed by atoms with E-state index >= 15 is 0 Å². The molecule has 1 heterocycles. The molecule has 7 heteroatoms. The van der Waals surface area contributed by atoms with Crippen LogP contribution in [0.5, 0.6) is 5.75 Å². The fourth-order valence-electron chi connectivity index (χ4n) is 2.78. The van der Waals surface area contributed by atoms with Gasteiger partial charge in [0, 0.05) is 18.7 Å². The number of ether oxygens (including phenoxy) is 1. The molecule has 2 amide bonds. The monoisotopic (exact) mass is 369 g/mol. The number of hydrogen-bond acceptors (Lipinski definition) is 4. The summed E-state index contributed by atoms with van der Waals surface area (Å²) in [6.45, 7) is 4.63. The van der Waals surface area contributed by atoms with Gasteiger partial charge in [-0.05, 0) is 37.0 Å². The van der Waals surface area contributed by atoms with Gasteiger partial charge in [-0.15, -0.1) is 12.4 Å². The summed E-state index contributed by atoms with van der Waals surface area (Å²) >= 11 is 0. The van der Waals surface area contributed by atoms with Crippen molar-refractivity contribution in [3.8, 4) is 5.75 Å². The predicted molar refractivity (Wildman–Crippen MR) is 103 cm³/mol. The van der Waals surface area contributed by atoms with Crippen LogP contribution in [-0.2, 0) is 9.59 Å². The van der Waals surface area contributed by atoms with E-state index in [1.165, 1.54) is 0 Å². The highest BCUT2D eigenvalue weighted by molar-refractivity contribution is 5.98. The number of rotatable bonds is 6. The number of nitrogens with one attached hydrogen (secondary N) is 1. The zero-order valence-corrected chi connectivity index (χ0v) is 15.9. The van der Waals surface area contributed by atoms with Crippen LogP contribution >= 0.6 is 12.4 Å². The van der Waals surface area contributed by atoms with Crippen LogP contribution in [0, 0.1) is 5.92 Å². The molecule has 0 aliphatic carbocycles. The van der Waals surface area contributed by atoms with Gasteiger partial charge in [0.1, 0.15) is 5.75 Å². The summed E-state index contributed by atoms with van der Waals surface area (Å²) in [5.74, 6) is 0.589. The Morgan fingerprint density at radius 2 is 2.12 bits per heavy atom. The number of amides is 2. The Bertz CT molecular complexity index is 609. The average molecular weight is 370 g/mol. The van der Waals surface area contributed by atoms with Crippen molar-refractivity contribution in [1.82, 2.24) is 0 Å². The summed E-state index contributed by atoms with van der Waals surface area (Å²) in [5.41, 5.74) is 7.29. The van der Waals surface area contributed by atoms with Gasteiger partial charge in [-0.2, -0.15) is 0 Å². The van der Waals surface area contributed by atoms with E-state index in [9.17, 15) is 9.59 Å². The summed E-state index contributed by atoms with van der Waals surface area (Å²) in [4.78, 5) is 26.2. The lowest BCUT2D eigenvalue weighted by Crippen LogP contribution is -2.40. The van der Waals surface area contributed by atoms with E-state index in [1.54, 1.807) is 30.2 Å². The number of carbonyl (C=O) groups excluding carboxylic acids is 2. The van der Waals surface area contributed by atoms with E-state index in [4.69, 9.17) is 10.5 Å². The molecule has 2 atom stereocenters. The minimum absolute atomic E-state index is 0. The molecular weight excluding hydrogens is 342 g/mol. The van der Waals surface area contributed by atoms with Crippen LogP contribution in [0.2, 0.25) is 0 Å². The van der Waals surface area contributed by atoms with Gasteiger partial charge in [0.2, 0.25) is 11.8 Å². The Balaban J connectivity index is 0.00000312. The highest BCUT2D eigenvalue weighted by Crippen LogP contribution is 2.33. The van der Waals surface area contributed by atoms with Gasteiger partial charge in [-0.1, -0.05) is 20.3 Å². The lowest BCUT2D eigenvalue weighted by molar-refractivity contribution is -0.119. The highest BCUT2D eigenvalue weighted by atomic mass is 35.5. The van der Waals surface area contributed by atoms with Crippen molar-refractivity contribution >= 4 is 35.6 Å². The van der Waals surface area contributed by atoms with Crippen LogP contribution in [-0.4, -0.2) is 31.5 Å². The molecule has 0 saturated carbocycles. The molecule has 3 N–H and O–H groups in total.